The van der Waals surface area contributed by atoms with Gasteiger partial charge in [-0.15, -0.1) is 0 Å². The van der Waals surface area contributed by atoms with Crippen molar-refractivity contribution in [3.63, 3.8) is 0 Å². The lowest BCUT2D eigenvalue weighted by Gasteiger charge is -2.39. The van der Waals surface area contributed by atoms with E-state index < -0.39 is 0 Å². The molecule has 2 saturated heterocycles. The Balaban J connectivity index is 1.57. The second-order valence-electron chi connectivity index (χ2n) is 8.03. The Hall–Kier alpha value is -0.860. The molecule has 1 aromatic carbocycles. The van der Waals surface area contributed by atoms with Crippen LogP contribution < -0.4 is 0 Å². The number of rotatable bonds is 2. The van der Waals surface area contributed by atoms with Crippen molar-refractivity contribution in [1.29, 1.82) is 0 Å². The molecule has 2 aliphatic heterocycles. The Morgan fingerprint density at radius 1 is 0.909 bits per heavy atom. The van der Waals surface area contributed by atoms with Crippen LogP contribution in [-0.4, -0.2) is 37.2 Å². The van der Waals surface area contributed by atoms with Gasteiger partial charge in [-0.2, -0.15) is 0 Å². The van der Waals surface area contributed by atoms with Crippen molar-refractivity contribution in [3.8, 4) is 0 Å². The summed E-state index contributed by atoms with van der Waals surface area (Å²) in [5.74, 6) is 0.755. The molecule has 2 heteroatoms. The molecular weight excluding hydrogens is 270 g/mol. The highest BCUT2D eigenvalue weighted by molar-refractivity contribution is 5.29. The van der Waals surface area contributed by atoms with E-state index in [9.17, 15) is 0 Å². The average Bonchev–Trinajstić information content (AvgIpc) is 2.55. The maximum atomic E-state index is 5.49. The van der Waals surface area contributed by atoms with Gasteiger partial charge < -0.3 is 9.64 Å². The fourth-order valence-electron chi connectivity index (χ4n) is 3.90. The van der Waals surface area contributed by atoms with E-state index in [4.69, 9.17) is 4.74 Å². The van der Waals surface area contributed by atoms with E-state index in [1.165, 1.54) is 44.3 Å². The molecule has 0 unspecified atom stereocenters. The standard InChI is InChI=1S/C20H31NO/c1-20(2,3)18-6-4-16(5-7-18)17-8-12-21(13-9-17)19-10-14-22-15-11-19/h4-7,17,19H,8-15H2,1-3H3. The van der Waals surface area contributed by atoms with Gasteiger partial charge >= 0.3 is 0 Å². The zero-order chi connectivity index (χ0) is 15.6. The molecule has 0 radical (unpaired) electrons. The molecule has 0 bridgehead atoms. The fourth-order valence-corrected chi connectivity index (χ4v) is 3.90. The van der Waals surface area contributed by atoms with Crippen LogP contribution in [0.15, 0.2) is 24.3 Å². The minimum Gasteiger partial charge on any atom is -0.381 e. The average molecular weight is 301 g/mol. The van der Waals surface area contributed by atoms with E-state index in [0.717, 1.165) is 25.2 Å². The first kappa shape index (κ1) is 16.0. The van der Waals surface area contributed by atoms with Crippen LogP contribution in [0.5, 0.6) is 0 Å². The molecule has 0 aliphatic carbocycles. The number of nitrogens with zero attached hydrogens (tertiary/aromatic N) is 1. The minimum absolute atomic E-state index is 0.255. The highest BCUT2D eigenvalue weighted by Crippen LogP contribution is 2.32. The molecule has 2 heterocycles. The van der Waals surface area contributed by atoms with Gasteiger partial charge in [-0.3, -0.25) is 0 Å². The predicted octanol–water partition coefficient (Wildman–Crippen LogP) is 4.34. The summed E-state index contributed by atoms with van der Waals surface area (Å²) in [6, 6.07) is 10.2. The van der Waals surface area contributed by atoms with Crippen molar-refractivity contribution in [1.82, 2.24) is 4.90 Å². The quantitative estimate of drug-likeness (QED) is 0.805. The Kier molecular flexibility index (Phi) is 4.89. The molecule has 22 heavy (non-hydrogen) atoms. The lowest BCUT2D eigenvalue weighted by molar-refractivity contribution is 0.0252. The van der Waals surface area contributed by atoms with Gasteiger partial charge in [0, 0.05) is 19.3 Å². The molecule has 122 valence electrons. The van der Waals surface area contributed by atoms with Crippen molar-refractivity contribution < 1.29 is 4.74 Å². The SMILES string of the molecule is CC(C)(C)c1ccc(C2CCN(C3CCOCC3)CC2)cc1. The Morgan fingerprint density at radius 2 is 1.50 bits per heavy atom. The van der Waals surface area contributed by atoms with Gasteiger partial charge in [-0.05, 0) is 61.2 Å². The molecule has 2 aliphatic rings. The van der Waals surface area contributed by atoms with Crippen LogP contribution in [0.1, 0.15) is 63.5 Å². The van der Waals surface area contributed by atoms with E-state index in [1.807, 2.05) is 0 Å². The molecule has 1 aromatic rings. The van der Waals surface area contributed by atoms with Gasteiger partial charge in [0.05, 0.1) is 0 Å². The summed E-state index contributed by atoms with van der Waals surface area (Å²) in [6.45, 7) is 11.3. The maximum Gasteiger partial charge on any atom is 0.0480 e. The number of benzene rings is 1. The molecule has 3 rings (SSSR count). The minimum atomic E-state index is 0.255. The zero-order valence-electron chi connectivity index (χ0n) is 14.5. The lowest BCUT2D eigenvalue weighted by atomic mass is 9.83. The third-order valence-corrected chi connectivity index (χ3v) is 5.48. The second kappa shape index (κ2) is 6.72. The molecule has 0 spiro atoms. The highest BCUT2D eigenvalue weighted by atomic mass is 16.5. The van der Waals surface area contributed by atoms with Crippen molar-refractivity contribution >= 4 is 0 Å². The zero-order valence-corrected chi connectivity index (χ0v) is 14.5. The molecule has 0 N–H and O–H groups in total. The van der Waals surface area contributed by atoms with Gasteiger partial charge in [0.25, 0.3) is 0 Å². The van der Waals surface area contributed by atoms with E-state index in [-0.39, 0.29) is 5.41 Å². The summed E-state index contributed by atoms with van der Waals surface area (Å²) in [7, 11) is 0. The summed E-state index contributed by atoms with van der Waals surface area (Å²) in [5, 5.41) is 0. The van der Waals surface area contributed by atoms with E-state index in [0.29, 0.717) is 0 Å². The van der Waals surface area contributed by atoms with Gasteiger partial charge in [-0.1, -0.05) is 45.0 Å². The van der Waals surface area contributed by atoms with Crippen LogP contribution >= 0.6 is 0 Å². The molecule has 2 fully saturated rings. The van der Waals surface area contributed by atoms with Gasteiger partial charge in [-0.25, -0.2) is 0 Å². The fraction of sp³-hybridized carbons (Fsp3) is 0.700. The number of hydrogen-bond acceptors (Lipinski definition) is 2. The number of piperidine rings is 1. The van der Waals surface area contributed by atoms with Crippen LogP contribution in [-0.2, 0) is 10.2 Å². The first-order valence-electron chi connectivity index (χ1n) is 8.96. The summed E-state index contributed by atoms with van der Waals surface area (Å²) in [6.07, 6.45) is 5.08. The van der Waals surface area contributed by atoms with Crippen molar-refractivity contribution in [2.75, 3.05) is 26.3 Å². The van der Waals surface area contributed by atoms with Gasteiger partial charge in [0.1, 0.15) is 0 Å². The summed E-state index contributed by atoms with van der Waals surface area (Å²) >= 11 is 0. The second-order valence-corrected chi connectivity index (χ2v) is 8.03. The predicted molar refractivity (Wildman–Crippen MR) is 92.5 cm³/mol. The van der Waals surface area contributed by atoms with Gasteiger partial charge in [0.15, 0.2) is 0 Å². The van der Waals surface area contributed by atoms with E-state index >= 15 is 0 Å². The van der Waals surface area contributed by atoms with Crippen LogP contribution in [0.3, 0.4) is 0 Å². The normalized spacial score (nSPS) is 22.9. The van der Waals surface area contributed by atoms with Crippen molar-refractivity contribution in [2.24, 2.45) is 0 Å². The van der Waals surface area contributed by atoms with E-state index in [1.54, 1.807) is 5.56 Å². The van der Waals surface area contributed by atoms with E-state index in [2.05, 4.69) is 49.9 Å². The van der Waals surface area contributed by atoms with Crippen LogP contribution in [0.2, 0.25) is 0 Å². The Bertz CT molecular complexity index is 459. The third kappa shape index (κ3) is 3.72. The first-order valence-corrected chi connectivity index (χ1v) is 8.96. The Labute approximate surface area is 135 Å². The Morgan fingerprint density at radius 3 is 2.05 bits per heavy atom. The van der Waals surface area contributed by atoms with Crippen molar-refractivity contribution in [2.45, 2.75) is 63.8 Å². The summed E-state index contributed by atoms with van der Waals surface area (Å²) in [5.41, 5.74) is 3.24. The summed E-state index contributed by atoms with van der Waals surface area (Å²) in [4.78, 5) is 2.71. The lowest BCUT2D eigenvalue weighted by Crippen LogP contribution is -2.43. The van der Waals surface area contributed by atoms with Crippen LogP contribution in [0, 0.1) is 0 Å². The van der Waals surface area contributed by atoms with Crippen LogP contribution in [0.25, 0.3) is 0 Å². The first-order chi connectivity index (χ1) is 10.5. The number of hydrogen-bond donors (Lipinski definition) is 0. The third-order valence-electron chi connectivity index (χ3n) is 5.48. The van der Waals surface area contributed by atoms with Gasteiger partial charge in [0.2, 0.25) is 0 Å². The van der Waals surface area contributed by atoms with Crippen molar-refractivity contribution in [3.05, 3.63) is 35.4 Å². The summed E-state index contributed by atoms with van der Waals surface area (Å²) < 4.78 is 5.49. The molecule has 0 amide bonds. The largest absolute Gasteiger partial charge is 0.381 e. The molecule has 2 nitrogen and oxygen atoms in total. The maximum absolute atomic E-state index is 5.49. The monoisotopic (exact) mass is 301 g/mol. The highest BCUT2D eigenvalue weighted by Gasteiger charge is 2.27. The smallest absolute Gasteiger partial charge is 0.0480 e. The molecule has 0 atom stereocenters. The molecular formula is C20H31NO. The topological polar surface area (TPSA) is 12.5 Å². The number of ether oxygens (including phenoxy) is 1. The number of likely N-dealkylation sites (tertiary alicyclic amines) is 1. The molecule has 0 aromatic heterocycles. The molecule has 0 saturated carbocycles. The van der Waals surface area contributed by atoms with Crippen LogP contribution in [0.4, 0.5) is 0 Å².